The number of nitrogens with zero attached hydrogens (tertiary/aromatic N) is 5. The van der Waals surface area contributed by atoms with Gasteiger partial charge >= 0.3 is 5.97 Å². The van der Waals surface area contributed by atoms with Crippen LogP contribution < -0.4 is 14.8 Å². The van der Waals surface area contributed by atoms with Crippen molar-refractivity contribution in [1.29, 1.82) is 0 Å². The van der Waals surface area contributed by atoms with Gasteiger partial charge in [-0.05, 0) is 107 Å². The quantitative estimate of drug-likeness (QED) is 0.183. The largest absolute Gasteiger partial charge is 0.454 e. The molecule has 1 aliphatic heterocycles. The highest BCUT2D eigenvalue weighted by Crippen LogP contribution is 2.45. The minimum absolute atomic E-state index is 0.0705. The van der Waals surface area contributed by atoms with E-state index in [1.54, 1.807) is 10.7 Å². The molecule has 1 amide bonds. The average molecular weight is 675 g/mol. The predicted molar refractivity (Wildman–Crippen MR) is 183 cm³/mol. The van der Waals surface area contributed by atoms with E-state index in [9.17, 15) is 14.0 Å². The molecule has 8 rings (SSSR count). The summed E-state index contributed by atoms with van der Waals surface area (Å²) in [6, 6.07) is 17.5. The van der Waals surface area contributed by atoms with Gasteiger partial charge in [0.1, 0.15) is 5.82 Å². The van der Waals surface area contributed by atoms with Crippen LogP contribution in [0, 0.1) is 17.2 Å². The molecule has 1 unspecified atom stereocenters. The van der Waals surface area contributed by atoms with E-state index in [1.165, 1.54) is 12.1 Å². The summed E-state index contributed by atoms with van der Waals surface area (Å²) in [7, 11) is 0. The molecule has 0 radical (unpaired) electrons. The molecule has 1 atom stereocenters. The molecule has 254 valence electrons. The van der Waals surface area contributed by atoms with Gasteiger partial charge in [0.05, 0.1) is 28.1 Å². The number of halogens is 1. The Hall–Kier alpha value is -5.65. The zero-order valence-corrected chi connectivity index (χ0v) is 27.9. The van der Waals surface area contributed by atoms with E-state index in [1.807, 2.05) is 42.5 Å². The summed E-state index contributed by atoms with van der Waals surface area (Å²) >= 11 is 0. The topological polar surface area (TPSA) is 130 Å². The maximum atomic E-state index is 14.9. The van der Waals surface area contributed by atoms with Crippen molar-refractivity contribution in [1.82, 2.24) is 25.2 Å². The maximum Gasteiger partial charge on any atom is 0.339 e. The van der Waals surface area contributed by atoms with E-state index < -0.39 is 24.3 Å². The molecule has 5 aromatic rings. The number of para-hydroxylation sites is 1. The average Bonchev–Trinajstić information content (AvgIpc) is 3.62. The Bertz CT molecular complexity index is 2200. The van der Waals surface area contributed by atoms with Crippen molar-refractivity contribution in [2.24, 2.45) is 11.3 Å². The van der Waals surface area contributed by atoms with Crippen molar-refractivity contribution < 1.29 is 28.2 Å². The summed E-state index contributed by atoms with van der Waals surface area (Å²) in [5, 5.41) is 15.1. The fraction of sp³-hybridized carbons (Fsp3) is 0.316. The fourth-order valence-corrected chi connectivity index (χ4v) is 6.68. The number of carbonyl (C=O) groups excluding carboxylic acids is 2. The SMILES string of the molecule is CC(C)(C)C1C/C(=C/c2ccc3c(c2)OCO3)c2nc3ccccc3c(C(=O)OCC(=O)Nc3cc(-n4nnnc4C4CC4)ccc3F)c2C1. The van der Waals surface area contributed by atoms with E-state index in [4.69, 9.17) is 19.2 Å². The molecular formula is C38H35FN6O5. The smallest absolute Gasteiger partial charge is 0.339 e. The van der Waals surface area contributed by atoms with Gasteiger partial charge in [0.15, 0.2) is 23.9 Å². The molecule has 1 N–H and O–H groups in total. The minimum Gasteiger partial charge on any atom is -0.454 e. The van der Waals surface area contributed by atoms with Crippen LogP contribution in [0.2, 0.25) is 0 Å². The second-order valence-corrected chi connectivity index (χ2v) is 14.1. The van der Waals surface area contributed by atoms with Crippen molar-refractivity contribution in [2.75, 3.05) is 18.7 Å². The molecule has 12 heteroatoms. The highest BCUT2D eigenvalue weighted by molar-refractivity contribution is 6.07. The lowest BCUT2D eigenvalue weighted by Gasteiger charge is -2.36. The van der Waals surface area contributed by atoms with Crippen molar-refractivity contribution in [3.05, 3.63) is 94.7 Å². The molecule has 11 nitrogen and oxygen atoms in total. The number of hydrogen-bond donors (Lipinski definition) is 1. The Kier molecular flexibility index (Phi) is 7.81. The third kappa shape index (κ3) is 6.06. The van der Waals surface area contributed by atoms with Crippen LogP contribution in [0.5, 0.6) is 11.5 Å². The van der Waals surface area contributed by atoms with Crippen LogP contribution in [-0.4, -0.2) is 50.5 Å². The summed E-state index contributed by atoms with van der Waals surface area (Å²) in [6.07, 6.45) is 5.42. The number of anilines is 1. The van der Waals surface area contributed by atoms with Crippen molar-refractivity contribution in [3.8, 4) is 17.2 Å². The van der Waals surface area contributed by atoms with Gasteiger partial charge in [0.2, 0.25) is 6.79 Å². The lowest BCUT2D eigenvalue weighted by atomic mass is 9.69. The van der Waals surface area contributed by atoms with Gasteiger partial charge in [-0.25, -0.2) is 14.2 Å². The van der Waals surface area contributed by atoms with Crippen LogP contribution in [0.4, 0.5) is 10.1 Å². The molecule has 50 heavy (non-hydrogen) atoms. The molecule has 2 aliphatic carbocycles. The van der Waals surface area contributed by atoms with Crippen LogP contribution in [0.15, 0.2) is 60.7 Å². The lowest BCUT2D eigenvalue weighted by Crippen LogP contribution is -2.29. The summed E-state index contributed by atoms with van der Waals surface area (Å²) in [4.78, 5) is 32.2. The monoisotopic (exact) mass is 674 g/mol. The number of pyridine rings is 1. The molecule has 3 aromatic carbocycles. The number of hydrogen-bond acceptors (Lipinski definition) is 9. The summed E-state index contributed by atoms with van der Waals surface area (Å²) in [6.45, 7) is 6.15. The van der Waals surface area contributed by atoms with Crippen molar-refractivity contribution in [2.45, 2.75) is 52.4 Å². The number of amides is 1. The summed E-state index contributed by atoms with van der Waals surface area (Å²) < 4.78 is 33.2. The van der Waals surface area contributed by atoms with Gasteiger partial charge in [-0.2, -0.15) is 4.68 Å². The summed E-state index contributed by atoms with van der Waals surface area (Å²) in [5.74, 6) is 0.549. The van der Waals surface area contributed by atoms with Gasteiger partial charge in [0.25, 0.3) is 5.91 Å². The predicted octanol–water partition coefficient (Wildman–Crippen LogP) is 6.90. The van der Waals surface area contributed by atoms with E-state index >= 15 is 0 Å². The Morgan fingerprint density at radius 3 is 2.68 bits per heavy atom. The van der Waals surface area contributed by atoms with Gasteiger partial charge < -0.3 is 19.5 Å². The Morgan fingerprint density at radius 2 is 1.86 bits per heavy atom. The molecule has 3 heterocycles. The standard InChI is InChI=1S/C38H35FN6O5/c1-38(2,3)24-16-23(14-21-8-13-31-32(15-21)50-20-49-31)35-27(17-24)34(26-6-4-5-7-29(26)41-35)37(47)48-19-33(46)40-30-18-25(11-12-28(30)39)45-36(22-9-10-22)42-43-44-45/h4-8,11-15,18,22,24H,9-10,16-17,19-20H2,1-3H3,(H,40,46)/b23-14-. The molecule has 1 saturated carbocycles. The van der Waals surface area contributed by atoms with Crippen LogP contribution in [0.3, 0.4) is 0 Å². The molecule has 0 bridgehead atoms. The molecule has 0 spiro atoms. The molecule has 1 fully saturated rings. The van der Waals surface area contributed by atoms with E-state index in [-0.39, 0.29) is 29.7 Å². The van der Waals surface area contributed by atoms with Crippen LogP contribution in [-0.2, 0) is 16.0 Å². The van der Waals surface area contributed by atoms with Crippen molar-refractivity contribution >= 4 is 40.1 Å². The first-order valence-electron chi connectivity index (χ1n) is 16.7. The number of ether oxygens (including phenoxy) is 3. The highest BCUT2D eigenvalue weighted by atomic mass is 19.1. The number of allylic oxidation sites excluding steroid dienone is 1. The molecule has 0 saturated heterocycles. The molecule has 2 aromatic heterocycles. The van der Waals surface area contributed by atoms with Crippen LogP contribution in [0.1, 0.15) is 79.0 Å². The Balaban J connectivity index is 1.09. The molecule has 3 aliphatic rings. The second-order valence-electron chi connectivity index (χ2n) is 14.1. The Labute approximate surface area is 287 Å². The van der Waals surface area contributed by atoms with Crippen LogP contribution >= 0.6 is 0 Å². The number of rotatable bonds is 7. The number of nitrogens with one attached hydrogen (secondary N) is 1. The first-order chi connectivity index (χ1) is 24.1. The number of tetrazole rings is 1. The number of carbonyl (C=O) groups is 2. The van der Waals surface area contributed by atoms with Crippen LogP contribution in [0.25, 0.3) is 28.2 Å². The summed E-state index contributed by atoms with van der Waals surface area (Å²) in [5.41, 5.74) is 4.80. The van der Waals surface area contributed by atoms with Gasteiger partial charge in [-0.1, -0.05) is 45.0 Å². The van der Waals surface area contributed by atoms with Gasteiger partial charge in [-0.3, -0.25) is 4.79 Å². The highest BCUT2D eigenvalue weighted by Gasteiger charge is 2.36. The first kappa shape index (κ1) is 31.6. The number of aromatic nitrogens is 5. The van der Waals surface area contributed by atoms with Crippen molar-refractivity contribution in [3.63, 3.8) is 0 Å². The van der Waals surface area contributed by atoms with E-state index in [0.717, 1.165) is 41.7 Å². The number of benzene rings is 3. The maximum absolute atomic E-state index is 14.9. The number of fused-ring (bicyclic) bond motifs is 3. The zero-order chi connectivity index (χ0) is 34.6. The van der Waals surface area contributed by atoms with Gasteiger partial charge in [0, 0.05) is 11.3 Å². The lowest BCUT2D eigenvalue weighted by molar-refractivity contribution is -0.119. The fourth-order valence-electron chi connectivity index (χ4n) is 6.68. The third-order valence-electron chi connectivity index (χ3n) is 9.62. The zero-order valence-electron chi connectivity index (χ0n) is 27.9. The third-order valence-corrected chi connectivity index (χ3v) is 9.62. The van der Waals surface area contributed by atoms with E-state index in [2.05, 4.69) is 47.7 Å². The second kappa shape index (κ2) is 12.3. The minimum atomic E-state index is -0.684. The Morgan fingerprint density at radius 1 is 1.04 bits per heavy atom. The van der Waals surface area contributed by atoms with E-state index in [0.29, 0.717) is 45.9 Å². The first-order valence-corrected chi connectivity index (χ1v) is 16.7. The molecular weight excluding hydrogens is 639 g/mol. The number of esters is 1. The normalized spacial score (nSPS) is 17.5. The van der Waals surface area contributed by atoms with Gasteiger partial charge in [-0.15, -0.1) is 5.10 Å².